The molecule has 23 heavy (non-hydrogen) atoms. The van der Waals surface area contributed by atoms with E-state index in [1.54, 1.807) is 12.5 Å². The number of aromatic amines is 1. The average molecular weight is 324 g/mol. The van der Waals surface area contributed by atoms with E-state index in [1.165, 1.54) is 0 Å². The van der Waals surface area contributed by atoms with Crippen molar-refractivity contribution in [2.45, 2.75) is 6.18 Å². The standard InChI is InChI=1S/C12H10N4.C2HF3O2/c13-12-9(4-2-6-14-12)8-3-1-5-10-11(8)16-7-15-10;3-2(4,5)1(6)7/h1-7H,(H2,13,14)(H,15,16);(H,6,7). The molecule has 3 rings (SSSR count). The van der Waals surface area contributed by atoms with Gasteiger partial charge in [0.1, 0.15) is 5.82 Å². The van der Waals surface area contributed by atoms with Crippen LogP contribution in [0.5, 0.6) is 0 Å². The molecule has 0 aliphatic carbocycles. The van der Waals surface area contributed by atoms with Crippen molar-refractivity contribution in [1.29, 1.82) is 0 Å². The molecule has 120 valence electrons. The van der Waals surface area contributed by atoms with Crippen molar-refractivity contribution in [3.8, 4) is 11.1 Å². The Morgan fingerprint density at radius 1 is 1.13 bits per heavy atom. The number of carboxylic acid groups (broad SMARTS) is 1. The van der Waals surface area contributed by atoms with Crippen molar-refractivity contribution in [2.75, 3.05) is 5.73 Å². The number of pyridine rings is 1. The van der Waals surface area contributed by atoms with Gasteiger partial charge in [-0.15, -0.1) is 0 Å². The monoisotopic (exact) mass is 324 g/mol. The Kier molecular flexibility index (Phi) is 4.49. The Bertz CT molecular complexity index is 830. The molecule has 2 aromatic heterocycles. The predicted octanol–water partition coefficient (Wildman–Crippen LogP) is 2.84. The van der Waals surface area contributed by atoms with Crippen LogP contribution in [0.2, 0.25) is 0 Å². The number of anilines is 1. The molecule has 0 aliphatic rings. The van der Waals surface area contributed by atoms with E-state index in [-0.39, 0.29) is 0 Å². The van der Waals surface area contributed by atoms with Gasteiger partial charge in [-0.1, -0.05) is 12.1 Å². The highest BCUT2D eigenvalue weighted by Crippen LogP contribution is 2.29. The summed E-state index contributed by atoms with van der Waals surface area (Å²) in [5.41, 5.74) is 9.70. The summed E-state index contributed by atoms with van der Waals surface area (Å²) >= 11 is 0. The number of alkyl halides is 3. The first-order valence-corrected chi connectivity index (χ1v) is 6.23. The van der Waals surface area contributed by atoms with Crippen LogP contribution in [0.3, 0.4) is 0 Å². The van der Waals surface area contributed by atoms with Gasteiger partial charge >= 0.3 is 12.1 Å². The van der Waals surface area contributed by atoms with Gasteiger partial charge in [0.25, 0.3) is 0 Å². The third-order valence-corrected chi connectivity index (χ3v) is 2.82. The van der Waals surface area contributed by atoms with Gasteiger partial charge in [-0.05, 0) is 18.2 Å². The molecule has 0 aliphatic heterocycles. The maximum Gasteiger partial charge on any atom is 0.490 e. The van der Waals surface area contributed by atoms with Crippen LogP contribution in [0.1, 0.15) is 0 Å². The predicted molar refractivity (Wildman–Crippen MR) is 77.4 cm³/mol. The van der Waals surface area contributed by atoms with E-state index < -0.39 is 12.1 Å². The highest BCUT2D eigenvalue weighted by molar-refractivity contribution is 5.94. The Morgan fingerprint density at radius 2 is 1.78 bits per heavy atom. The molecule has 0 atom stereocenters. The van der Waals surface area contributed by atoms with E-state index in [0.29, 0.717) is 5.82 Å². The number of H-pyrrole nitrogens is 1. The number of para-hydroxylation sites is 1. The quantitative estimate of drug-likeness (QED) is 0.638. The second-order valence-corrected chi connectivity index (χ2v) is 4.34. The molecule has 0 unspecified atom stereocenters. The molecule has 3 aromatic rings. The number of nitrogens with two attached hydrogens (primary N) is 1. The molecule has 0 amide bonds. The summed E-state index contributed by atoms with van der Waals surface area (Å²) in [4.78, 5) is 20.4. The number of hydrogen-bond donors (Lipinski definition) is 3. The lowest BCUT2D eigenvalue weighted by Crippen LogP contribution is -2.21. The molecular weight excluding hydrogens is 313 g/mol. The van der Waals surface area contributed by atoms with E-state index in [4.69, 9.17) is 15.6 Å². The number of imidazole rings is 1. The van der Waals surface area contributed by atoms with Crippen LogP contribution in [-0.4, -0.2) is 32.2 Å². The third-order valence-electron chi connectivity index (χ3n) is 2.82. The van der Waals surface area contributed by atoms with Crippen LogP contribution in [0.15, 0.2) is 42.9 Å². The maximum atomic E-state index is 10.6. The number of nitrogens with zero attached hydrogens (tertiary/aromatic N) is 2. The summed E-state index contributed by atoms with van der Waals surface area (Å²) in [7, 11) is 0. The fourth-order valence-electron chi connectivity index (χ4n) is 1.83. The van der Waals surface area contributed by atoms with Crippen LogP contribution in [0.4, 0.5) is 19.0 Å². The lowest BCUT2D eigenvalue weighted by Gasteiger charge is -2.04. The molecule has 0 bridgehead atoms. The largest absolute Gasteiger partial charge is 0.490 e. The minimum absolute atomic E-state index is 0.526. The Labute approximate surface area is 127 Å². The summed E-state index contributed by atoms with van der Waals surface area (Å²) in [5.74, 6) is -2.23. The molecule has 9 heteroatoms. The van der Waals surface area contributed by atoms with Gasteiger partial charge in [0.2, 0.25) is 0 Å². The maximum absolute atomic E-state index is 10.6. The number of carboxylic acids is 1. The zero-order chi connectivity index (χ0) is 17.0. The fourth-order valence-corrected chi connectivity index (χ4v) is 1.83. The minimum Gasteiger partial charge on any atom is -0.475 e. The highest BCUT2D eigenvalue weighted by Gasteiger charge is 2.38. The first-order chi connectivity index (χ1) is 10.8. The number of aromatic nitrogens is 3. The number of carbonyl (C=O) groups is 1. The van der Waals surface area contributed by atoms with Crippen molar-refractivity contribution in [1.82, 2.24) is 15.0 Å². The molecule has 0 radical (unpaired) electrons. The summed E-state index contributed by atoms with van der Waals surface area (Å²) in [6.45, 7) is 0. The number of rotatable bonds is 1. The number of halogens is 3. The lowest BCUT2D eigenvalue weighted by atomic mass is 10.1. The first kappa shape index (κ1) is 16.3. The molecule has 0 fully saturated rings. The first-order valence-electron chi connectivity index (χ1n) is 6.23. The summed E-state index contributed by atoms with van der Waals surface area (Å²) in [6.07, 6.45) is -1.72. The SMILES string of the molecule is Nc1ncccc1-c1cccc2[nH]cnc12.O=C(O)C(F)(F)F. The van der Waals surface area contributed by atoms with Gasteiger partial charge in [0.15, 0.2) is 0 Å². The van der Waals surface area contributed by atoms with Gasteiger partial charge in [-0.3, -0.25) is 0 Å². The van der Waals surface area contributed by atoms with Gasteiger partial charge in [0, 0.05) is 17.3 Å². The Hall–Kier alpha value is -3.10. The molecule has 0 saturated heterocycles. The Balaban J connectivity index is 0.000000236. The van der Waals surface area contributed by atoms with Crippen LogP contribution in [0.25, 0.3) is 22.2 Å². The van der Waals surface area contributed by atoms with Gasteiger partial charge < -0.3 is 15.8 Å². The molecule has 1 aromatic carbocycles. The number of nitrogen functional groups attached to an aromatic ring is 1. The average Bonchev–Trinajstić information content (AvgIpc) is 2.96. The fraction of sp³-hybridized carbons (Fsp3) is 0.0714. The molecular formula is C14H11F3N4O2. The number of hydrogen-bond acceptors (Lipinski definition) is 4. The number of fused-ring (bicyclic) bond motifs is 1. The smallest absolute Gasteiger partial charge is 0.475 e. The molecule has 0 spiro atoms. The van der Waals surface area contributed by atoms with Crippen molar-refractivity contribution >= 4 is 22.8 Å². The van der Waals surface area contributed by atoms with E-state index in [1.807, 2.05) is 30.3 Å². The van der Waals surface area contributed by atoms with Crippen LogP contribution >= 0.6 is 0 Å². The van der Waals surface area contributed by atoms with E-state index >= 15 is 0 Å². The van der Waals surface area contributed by atoms with Gasteiger partial charge in [-0.2, -0.15) is 13.2 Å². The number of benzene rings is 1. The van der Waals surface area contributed by atoms with E-state index in [0.717, 1.165) is 22.2 Å². The summed E-state index contributed by atoms with van der Waals surface area (Å²) in [6, 6.07) is 9.78. The van der Waals surface area contributed by atoms with Crippen LogP contribution < -0.4 is 5.73 Å². The second-order valence-electron chi connectivity index (χ2n) is 4.34. The van der Waals surface area contributed by atoms with Crippen molar-refractivity contribution < 1.29 is 23.1 Å². The van der Waals surface area contributed by atoms with Crippen LogP contribution in [-0.2, 0) is 4.79 Å². The van der Waals surface area contributed by atoms with E-state index in [9.17, 15) is 13.2 Å². The number of nitrogens with one attached hydrogen (secondary N) is 1. The zero-order valence-electron chi connectivity index (χ0n) is 11.5. The third kappa shape index (κ3) is 3.76. The normalized spacial score (nSPS) is 10.9. The van der Waals surface area contributed by atoms with Crippen molar-refractivity contribution in [3.05, 3.63) is 42.9 Å². The lowest BCUT2D eigenvalue weighted by molar-refractivity contribution is -0.192. The Morgan fingerprint density at radius 3 is 2.39 bits per heavy atom. The molecule has 2 heterocycles. The van der Waals surface area contributed by atoms with Gasteiger partial charge in [0.05, 0.1) is 17.4 Å². The summed E-state index contributed by atoms with van der Waals surface area (Å²) in [5, 5.41) is 7.12. The summed E-state index contributed by atoms with van der Waals surface area (Å²) < 4.78 is 31.7. The second kappa shape index (κ2) is 6.34. The van der Waals surface area contributed by atoms with E-state index in [2.05, 4.69) is 15.0 Å². The van der Waals surface area contributed by atoms with Crippen molar-refractivity contribution in [2.24, 2.45) is 0 Å². The molecule has 4 N–H and O–H groups in total. The highest BCUT2D eigenvalue weighted by atomic mass is 19.4. The van der Waals surface area contributed by atoms with Crippen LogP contribution in [0, 0.1) is 0 Å². The zero-order valence-corrected chi connectivity index (χ0v) is 11.5. The minimum atomic E-state index is -5.08. The topological polar surface area (TPSA) is 105 Å². The van der Waals surface area contributed by atoms with Gasteiger partial charge in [-0.25, -0.2) is 14.8 Å². The molecule has 0 saturated carbocycles. The number of aliphatic carboxylic acids is 1. The van der Waals surface area contributed by atoms with Crippen molar-refractivity contribution in [3.63, 3.8) is 0 Å². The molecule has 6 nitrogen and oxygen atoms in total.